The molecule has 3 N–H and O–H groups in total. The fourth-order valence-corrected chi connectivity index (χ4v) is 4.04. The first-order valence-electron chi connectivity index (χ1n) is 6.68. The van der Waals surface area contributed by atoms with Crippen molar-refractivity contribution < 1.29 is 9.46 Å². The van der Waals surface area contributed by atoms with Crippen LogP contribution in [0, 0.1) is 0 Å². The molecule has 0 radical (unpaired) electrons. The van der Waals surface area contributed by atoms with Crippen molar-refractivity contribution >= 4 is 35.0 Å². The fraction of sp³-hybridized carbons (Fsp3) is 0.133. The molecule has 3 rings (SSSR count). The van der Waals surface area contributed by atoms with Crippen LogP contribution >= 0.6 is 7.37 Å². The van der Waals surface area contributed by atoms with E-state index in [1.165, 1.54) is 0 Å². The number of nitrogen functional groups attached to an aromatic ring is 1. The highest BCUT2D eigenvalue weighted by Crippen LogP contribution is 2.38. The number of nitrogens with zero attached hydrogens (tertiary/aromatic N) is 2. The molecule has 1 aromatic heterocycles. The summed E-state index contributed by atoms with van der Waals surface area (Å²) < 4.78 is 14.6. The number of fused-ring (bicyclic) bond motifs is 1. The van der Waals surface area contributed by atoms with Gasteiger partial charge in [-0.3, -0.25) is 4.57 Å². The summed E-state index contributed by atoms with van der Waals surface area (Å²) in [6.07, 6.45) is 0. The van der Waals surface area contributed by atoms with Crippen LogP contribution in [0.5, 0.6) is 0 Å². The summed E-state index contributed by atoms with van der Waals surface area (Å²) >= 11 is 0. The van der Waals surface area contributed by atoms with Crippen molar-refractivity contribution in [3.63, 3.8) is 0 Å². The monoisotopic (exact) mass is 301 g/mol. The van der Waals surface area contributed by atoms with Crippen molar-refractivity contribution in [2.24, 2.45) is 0 Å². The Morgan fingerprint density at radius 2 is 1.95 bits per heavy atom. The zero-order valence-electron chi connectivity index (χ0n) is 11.6. The van der Waals surface area contributed by atoms with Crippen LogP contribution in [-0.4, -0.2) is 14.4 Å². The fourth-order valence-electron chi connectivity index (χ4n) is 2.42. The third-order valence-corrected chi connectivity index (χ3v) is 5.33. The number of benzene rings is 2. The molecular weight excluding hydrogens is 285 g/mol. The van der Waals surface area contributed by atoms with Gasteiger partial charge in [0.2, 0.25) is 5.57 Å². The molecule has 0 bridgehead atoms. The highest BCUT2D eigenvalue weighted by Gasteiger charge is 2.30. The second kappa shape index (κ2) is 5.02. The minimum atomic E-state index is -3.73. The van der Waals surface area contributed by atoms with Gasteiger partial charge in [-0.05, 0) is 37.3 Å². The summed E-state index contributed by atoms with van der Waals surface area (Å²) in [4.78, 5) is 14.9. The smallest absolute Gasteiger partial charge is 0.293 e. The third-order valence-electron chi connectivity index (χ3n) is 3.45. The van der Waals surface area contributed by atoms with E-state index in [0.717, 1.165) is 5.52 Å². The number of imidazole rings is 1. The summed E-state index contributed by atoms with van der Waals surface area (Å²) in [5, 5.41) is 0.378. The number of nitrogens with two attached hydrogens (primary N) is 1. The van der Waals surface area contributed by atoms with Gasteiger partial charge in [-0.1, -0.05) is 18.2 Å². The van der Waals surface area contributed by atoms with E-state index in [1.807, 2.05) is 13.0 Å². The van der Waals surface area contributed by atoms with Gasteiger partial charge in [-0.15, -0.1) is 0 Å². The molecule has 0 aliphatic rings. The van der Waals surface area contributed by atoms with Gasteiger partial charge in [0.15, 0.2) is 0 Å². The van der Waals surface area contributed by atoms with Crippen LogP contribution in [0.2, 0.25) is 0 Å². The van der Waals surface area contributed by atoms with E-state index in [9.17, 15) is 9.46 Å². The van der Waals surface area contributed by atoms with Gasteiger partial charge in [0.05, 0.1) is 11.0 Å². The first-order valence-corrected chi connectivity index (χ1v) is 8.34. The van der Waals surface area contributed by atoms with Crippen LogP contribution in [0.3, 0.4) is 0 Å². The number of hydrogen-bond donors (Lipinski definition) is 2. The first kappa shape index (κ1) is 13.9. The molecule has 2 aromatic carbocycles. The molecule has 3 aromatic rings. The van der Waals surface area contributed by atoms with Crippen LogP contribution in [0.15, 0.2) is 48.5 Å². The van der Waals surface area contributed by atoms with Gasteiger partial charge < -0.3 is 15.2 Å². The Morgan fingerprint density at radius 3 is 2.62 bits per heavy atom. The van der Waals surface area contributed by atoms with E-state index in [1.54, 1.807) is 47.0 Å². The molecule has 1 unspecified atom stereocenters. The lowest BCUT2D eigenvalue weighted by atomic mass is 10.3. The Bertz CT molecular complexity index is 843. The summed E-state index contributed by atoms with van der Waals surface area (Å²) in [5.74, 6) is 0. The SMILES string of the molecule is CCn1c(P(=O)(O)c2ccccc2)nc2ccc(N)cc21. The van der Waals surface area contributed by atoms with Crippen molar-refractivity contribution in [3.05, 3.63) is 48.5 Å². The predicted octanol–water partition coefficient (Wildman–Crippen LogP) is 1.86. The lowest BCUT2D eigenvalue weighted by Gasteiger charge is -2.13. The average Bonchev–Trinajstić information content (AvgIpc) is 2.86. The molecular formula is C15H16N3O2P. The maximum Gasteiger partial charge on any atom is 0.293 e. The minimum Gasteiger partial charge on any atom is -0.399 e. The van der Waals surface area contributed by atoms with Crippen LogP contribution in [0.1, 0.15) is 6.92 Å². The van der Waals surface area contributed by atoms with Crippen molar-refractivity contribution in [2.75, 3.05) is 5.73 Å². The van der Waals surface area contributed by atoms with Crippen molar-refractivity contribution in [3.8, 4) is 0 Å². The predicted molar refractivity (Wildman–Crippen MR) is 85.4 cm³/mol. The van der Waals surface area contributed by atoms with Crippen molar-refractivity contribution in [2.45, 2.75) is 13.5 Å². The molecule has 0 amide bonds. The molecule has 0 fully saturated rings. The van der Waals surface area contributed by atoms with E-state index < -0.39 is 7.37 Å². The number of hydrogen-bond acceptors (Lipinski definition) is 3. The molecule has 6 heteroatoms. The summed E-state index contributed by atoms with van der Waals surface area (Å²) in [7, 11) is -3.73. The number of rotatable bonds is 3. The average molecular weight is 301 g/mol. The van der Waals surface area contributed by atoms with Crippen LogP contribution < -0.4 is 16.6 Å². The zero-order chi connectivity index (χ0) is 15.0. The Hall–Kier alpha value is -2.10. The van der Waals surface area contributed by atoms with Gasteiger partial charge in [0.1, 0.15) is 0 Å². The van der Waals surface area contributed by atoms with E-state index in [0.29, 0.717) is 23.1 Å². The van der Waals surface area contributed by atoms with Crippen molar-refractivity contribution in [1.82, 2.24) is 9.55 Å². The summed E-state index contributed by atoms with van der Waals surface area (Å²) in [6.45, 7) is 2.46. The molecule has 0 spiro atoms. The lowest BCUT2D eigenvalue weighted by molar-refractivity contribution is 0.497. The topological polar surface area (TPSA) is 81.1 Å². The van der Waals surface area contributed by atoms with E-state index >= 15 is 0 Å². The zero-order valence-corrected chi connectivity index (χ0v) is 12.5. The molecule has 0 saturated carbocycles. The molecule has 1 atom stereocenters. The van der Waals surface area contributed by atoms with E-state index in [2.05, 4.69) is 4.98 Å². The number of anilines is 1. The molecule has 0 aliphatic heterocycles. The van der Waals surface area contributed by atoms with Crippen molar-refractivity contribution in [1.29, 1.82) is 0 Å². The van der Waals surface area contributed by atoms with Crippen LogP contribution in [0.4, 0.5) is 5.69 Å². The Kier molecular flexibility index (Phi) is 3.32. The number of aryl methyl sites for hydroxylation is 1. The molecule has 1 heterocycles. The van der Waals surface area contributed by atoms with Gasteiger partial charge in [-0.2, -0.15) is 0 Å². The highest BCUT2D eigenvalue weighted by molar-refractivity contribution is 7.73. The normalized spacial score (nSPS) is 14.2. The molecule has 108 valence electrons. The van der Waals surface area contributed by atoms with Gasteiger partial charge in [0.25, 0.3) is 7.37 Å². The maximum atomic E-state index is 12.9. The quantitative estimate of drug-likeness (QED) is 0.571. The van der Waals surface area contributed by atoms with Gasteiger partial charge in [-0.25, -0.2) is 4.98 Å². The standard InChI is InChI=1S/C15H16N3O2P/c1-2-18-14-10-11(16)8-9-13(14)17-15(18)21(19,20)12-6-4-3-5-7-12/h3-10H,2,16H2,1H3,(H,19,20). The molecule has 0 saturated heterocycles. The molecule has 0 aliphatic carbocycles. The lowest BCUT2D eigenvalue weighted by Crippen LogP contribution is -2.24. The second-order valence-corrected chi connectivity index (χ2v) is 6.88. The van der Waals surface area contributed by atoms with Crippen LogP contribution in [0.25, 0.3) is 11.0 Å². The maximum absolute atomic E-state index is 12.9. The Labute approximate surface area is 122 Å². The molecule has 21 heavy (non-hydrogen) atoms. The van der Waals surface area contributed by atoms with Gasteiger partial charge in [0, 0.05) is 17.5 Å². The second-order valence-electron chi connectivity index (χ2n) is 4.82. The minimum absolute atomic E-state index is 0.191. The summed E-state index contributed by atoms with van der Waals surface area (Å²) in [5.41, 5.74) is 8.05. The van der Waals surface area contributed by atoms with E-state index in [-0.39, 0.29) is 5.57 Å². The summed E-state index contributed by atoms with van der Waals surface area (Å²) in [6, 6.07) is 13.9. The Balaban J connectivity index is 2.27. The number of aromatic nitrogens is 2. The van der Waals surface area contributed by atoms with Crippen LogP contribution in [-0.2, 0) is 11.1 Å². The molecule has 5 nitrogen and oxygen atoms in total. The van der Waals surface area contributed by atoms with Gasteiger partial charge >= 0.3 is 0 Å². The highest BCUT2D eigenvalue weighted by atomic mass is 31.2. The van der Waals surface area contributed by atoms with E-state index in [4.69, 9.17) is 5.73 Å². The third kappa shape index (κ3) is 2.24. The first-order chi connectivity index (χ1) is 10.0. The largest absolute Gasteiger partial charge is 0.399 e. The Morgan fingerprint density at radius 1 is 1.24 bits per heavy atom.